The van der Waals surface area contributed by atoms with Gasteiger partial charge in [-0.2, -0.15) is 4.31 Å². The molecule has 2 aliphatic rings. The Morgan fingerprint density at radius 2 is 2.05 bits per heavy atom. The number of nitrogens with one attached hydrogen (secondary N) is 1. The van der Waals surface area contributed by atoms with Crippen molar-refractivity contribution in [2.45, 2.75) is 41.1 Å². The minimum Gasteiger partial charge on any atom is -0.310 e. The number of hydrogen-bond donors (Lipinski definition) is 1. The van der Waals surface area contributed by atoms with Crippen LogP contribution in [0.15, 0.2) is 28.0 Å². The van der Waals surface area contributed by atoms with E-state index in [1.807, 2.05) is 6.26 Å². The van der Waals surface area contributed by atoms with Crippen LogP contribution in [0.2, 0.25) is 5.02 Å². The van der Waals surface area contributed by atoms with E-state index in [9.17, 15) is 8.42 Å². The molecule has 2 saturated heterocycles. The average molecular weight is 347 g/mol. The summed E-state index contributed by atoms with van der Waals surface area (Å²) in [4.78, 5) is 1.19. The van der Waals surface area contributed by atoms with Crippen molar-refractivity contribution in [2.24, 2.45) is 0 Å². The summed E-state index contributed by atoms with van der Waals surface area (Å²) >= 11 is 7.67. The highest BCUT2D eigenvalue weighted by atomic mass is 35.5. The highest BCUT2D eigenvalue weighted by Gasteiger charge is 2.35. The molecular weight excluding hydrogens is 328 g/mol. The standard InChI is InChI=1S/C14H19ClN2O2S2/c1-20-14-5-4-12(8-13(14)15)21(18,19)17-7-6-10-2-3-11(9-17)16-10/h4-5,8,10-11,16H,2-3,6-7,9H2,1H3. The Labute approximate surface area is 135 Å². The summed E-state index contributed by atoms with van der Waals surface area (Å²) in [5.41, 5.74) is 0. The van der Waals surface area contributed by atoms with Crippen LogP contribution in [0.1, 0.15) is 19.3 Å². The van der Waals surface area contributed by atoms with Gasteiger partial charge in [0.25, 0.3) is 0 Å². The molecule has 3 rings (SSSR count). The molecule has 1 aromatic rings. The third kappa shape index (κ3) is 3.10. The monoisotopic (exact) mass is 346 g/mol. The van der Waals surface area contributed by atoms with Gasteiger partial charge in [0.2, 0.25) is 10.0 Å². The van der Waals surface area contributed by atoms with Crippen LogP contribution in [-0.2, 0) is 10.0 Å². The van der Waals surface area contributed by atoms with Gasteiger partial charge in [0, 0.05) is 30.1 Å². The summed E-state index contributed by atoms with van der Waals surface area (Å²) in [5, 5.41) is 4.00. The Morgan fingerprint density at radius 3 is 2.76 bits per heavy atom. The molecule has 1 aromatic carbocycles. The number of fused-ring (bicyclic) bond motifs is 2. The van der Waals surface area contributed by atoms with E-state index in [4.69, 9.17) is 11.6 Å². The van der Waals surface area contributed by atoms with E-state index in [0.29, 0.717) is 29.0 Å². The van der Waals surface area contributed by atoms with Gasteiger partial charge in [-0.1, -0.05) is 11.6 Å². The largest absolute Gasteiger partial charge is 0.310 e. The Hall–Kier alpha value is -0.270. The number of hydrogen-bond acceptors (Lipinski definition) is 4. The third-order valence-corrected chi connectivity index (χ3v) is 7.33. The summed E-state index contributed by atoms with van der Waals surface area (Å²) in [7, 11) is -3.46. The van der Waals surface area contributed by atoms with E-state index in [1.54, 1.807) is 22.5 Å². The van der Waals surface area contributed by atoms with Crippen LogP contribution in [-0.4, -0.2) is 44.2 Å². The van der Waals surface area contributed by atoms with Crippen LogP contribution in [0.5, 0.6) is 0 Å². The molecule has 0 amide bonds. The van der Waals surface area contributed by atoms with Crippen molar-refractivity contribution in [3.8, 4) is 0 Å². The van der Waals surface area contributed by atoms with Crippen molar-refractivity contribution >= 4 is 33.4 Å². The first-order chi connectivity index (χ1) is 10.0. The molecule has 7 heteroatoms. The Balaban J connectivity index is 1.87. The van der Waals surface area contributed by atoms with Gasteiger partial charge >= 0.3 is 0 Å². The van der Waals surface area contributed by atoms with Crippen LogP contribution in [0.25, 0.3) is 0 Å². The topological polar surface area (TPSA) is 49.4 Å². The minimum atomic E-state index is -3.46. The first kappa shape index (κ1) is 15.6. The second-order valence-electron chi connectivity index (χ2n) is 5.59. The SMILES string of the molecule is CSc1ccc(S(=O)(=O)N2CCC3CCC(C2)N3)cc1Cl. The molecule has 0 aromatic heterocycles. The predicted molar refractivity (Wildman–Crippen MR) is 86.6 cm³/mol. The zero-order valence-corrected chi connectivity index (χ0v) is 14.3. The van der Waals surface area contributed by atoms with Gasteiger partial charge in [-0.05, 0) is 43.7 Å². The van der Waals surface area contributed by atoms with E-state index in [1.165, 1.54) is 11.8 Å². The summed E-state index contributed by atoms with van der Waals surface area (Å²) < 4.78 is 27.2. The van der Waals surface area contributed by atoms with Gasteiger partial charge in [-0.15, -0.1) is 11.8 Å². The fourth-order valence-corrected chi connectivity index (χ4v) is 5.55. The maximum Gasteiger partial charge on any atom is 0.243 e. The average Bonchev–Trinajstić information content (AvgIpc) is 2.77. The molecule has 2 heterocycles. The van der Waals surface area contributed by atoms with E-state index in [0.717, 1.165) is 24.2 Å². The highest BCUT2D eigenvalue weighted by Crippen LogP contribution is 2.30. The molecule has 2 bridgehead atoms. The van der Waals surface area contributed by atoms with Gasteiger partial charge in [-0.25, -0.2) is 8.42 Å². The summed E-state index contributed by atoms with van der Waals surface area (Å²) in [6.07, 6.45) is 5.02. The normalized spacial score (nSPS) is 26.8. The van der Waals surface area contributed by atoms with Crippen LogP contribution in [0.4, 0.5) is 0 Å². The number of sulfonamides is 1. The summed E-state index contributed by atoms with van der Waals surface area (Å²) in [6.45, 7) is 1.14. The molecule has 0 spiro atoms. The van der Waals surface area contributed by atoms with Gasteiger partial charge in [0.1, 0.15) is 0 Å². The Morgan fingerprint density at radius 1 is 1.29 bits per heavy atom. The fraction of sp³-hybridized carbons (Fsp3) is 0.571. The van der Waals surface area contributed by atoms with E-state index >= 15 is 0 Å². The molecule has 21 heavy (non-hydrogen) atoms. The fourth-order valence-electron chi connectivity index (χ4n) is 3.09. The van der Waals surface area contributed by atoms with Crippen molar-refractivity contribution in [1.82, 2.24) is 9.62 Å². The van der Waals surface area contributed by atoms with Crippen LogP contribution in [0, 0.1) is 0 Å². The first-order valence-electron chi connectivity index (χ1n) is 7.10. The zero-order chi connectivity index (χ0) is 15.0. The lowest BCUT2D eigenvalue weighted by Gasteiger charge is -2.23. The van der Waals surface area contributed by atoms with Gasteiger partial charge < -0.3 is 5.32 Å². The third-order valence-electron chi connectivity index (χ3n) is 4.25. The Kier molecular flexibility index (Phi) is 4.52. The molecule has 0 radical (unpaired) electrons. The number of halogens is 1. The second kappa shape index (κ2) is 6.08. The number of benzene rings is 1. The predicted octanol–water partition coefficient (Wildman–Crippen LogP) is 2.58. The van der Waals surface area contributed by atoms with Crippen molar-refractivity contribution in [2.75, 3.05) is 19.3 Å². The molecular formula is C14H19ClN2O2S2. The van der Waals surface area contributed by atoms with Crippen LogP contribution < -0.4 is 5.32 Å². The zero-order valence-electron chi connectivity index (χ0n) is 11.9. The molecule has 2 aliphatic heterocycles. The van der Waals surface area contributed by atoms with Crippen molar-refractivity contribution in [1.29, 1.82) is 0 Å². The highest BCUT2D eigenvalue weighted by molar-refractivity contribution is 7.98. The molecule has 2 fully saturated rings. The molecule has 0 aliphatic carbocycles. The maximum atomic E-state index is 12.8. The van der Waals surface area contributed by atoms with Crippen LogP contribution >= 0.6 is 23.4 Å². The molecule has 2 unspecified atom stereocenters. The Bertz CT molecular complexity index is 636. The molecule has 4 nitrogen and oxygen atoms in total. The number of rotatable bonds is 3. The van der Waals surface area contributed by atoms with Crippen LogP contribution in [0.3, 0.4) is 0 Å². The molecule has 2 atom stereocenters. The van der Waals surface area contributed by atoms with Gasteiger partial charge in [0.15, 0.2) is 0 Å². The maximum absolute atomic E-state index is 12.8. The van der Waals surface area contributed by atoms with E-state index in [-0.39, 0.29) is 6.04 Å². The number of thioether (sulfide) groups is 1. The first-order valence-corrected chi connectivity index (χ1v) is 10.1. The van der Waals surface area contributed by atoms with E-state index in [2.05, 4.69) is 5.32 Å². The van der Waals surface area contributed by atoms with Crippen molar-refractivity contribution in [3.63, 3.8) is 0 Å². The smallest absolute Gasteiger partial charge is 0.243 e. The van der Waals surface area contributed by atoms with Gasteiger partial charge in [-0.3, -0.25) is 0 Å². The second-order valence-corrected chi connectivity index (χ2v) is 8.78. The lowest BCUT2D eigenvalue weighted by atomic mass is 10.1. The van der Waals surface area contributed by atoms with Crippen molar-refractivity contribution < 1.29 is 8.42 Å². The lowest BCUT2D eigenvalue weighted by molar-refractivity contribution is 0.383. The van der Waals surface area contributed by atoms with E-state index < -0.39 is 10.0 Å². The summed E-state index contributed by atoms with van der Waals surface area (Å²) in [6, 6.07) is 5.76. The number of nitrogens with zero attached hydrogens (tertiary/aromatic N) is 1. The summed E-state index contributed by atoms with van der Waals surface area (Å²) in [5.74, 6) is 0. The molecule has 0 saturated carbocycles. The van der Waals surface area contributed by atoms with Gasteiger partial charge in [0.05, 0.1) is 9.92 Å². The molecule has 116 valence electrons. The lowest BCUT2D eigenvalue weighted by Crippen LogP contribution is -2.39. The minimum absolute atomic E-state index is 0.285. The van der Waals surface area contributed by atoms with Crippen molar-refractivity contribution in [3.05, 3.63) is 23.2 Å². The molecule has 1 N–H and O–H groups in total. The quantitative estimate of drug-likeness (QED) is 0.855.